The lowest BCUT2D eigenvalue weighted by Crippen LogP contribution is -2.00. The zero-order chi connectivity index (χ0) is 10.4. The van der Waals surface area contributed by atoms with E-state index in [2.05, 4.69) is 4.99 Å². The predicted octanol–water partition coefficient (Wildman–Crippen LogP) is 1.87. The number of aliphatic imine (C=N–C) groups is 1. The number of carbonyl (C=O) groups excluding carboxylic acids is 1. The van der Waals surface area contributed by atoms with Crippen LogP contribution in [0.2, 0.25) is 0 Å². The van der Waals surface area contributed by atoms with E-state index in [9.17, 15) is 9.18 Å². The van der Waals surface area contributed by atoms with E-state index in [1.807, 2.05) is 0 Å². The van der Waals surface area contributed by atoms with Gasteiger partial charge in [-0.2, -0.15) is 4.99 Å². The summed E-state index contributed by atoms with van der Waals surface area (Å²) in [6, 6.07) is 6.91. The molecule has 14 heavy (non-hydrogen) atoms. The third-order valence-corrected chi connectivity index (χ3v) is 1.76. The fraction of sp³-hybridized carbons (Fsp3) is 0.300. The maximum Gasteiger partial charge on any atom is 0.237 e. The number of hydrogen-bond acceptors (Lipinski definition) is 3. The lowest BCUT2D eigenvalue weighted by molar-refractivity contribution is 0.343. The molecule has 0 saturated heterocycles. The third-order valence-electron chi connectivity index (χ3n) is 1.76. The molecule has 0 spiro atoms. The Morgan fingerprint density at radius 1 is 1.50 bits per heavy atom. The molecule has 4 heteroatoms. The van der Waals surface area contributed by atoms with Crippen molar-refractivity contribution < 1.29 is 13.9 Å². The van der Waals surface area contributed by atoms with Crippen molar-refractivity contribution in [3.8, 4) is 5.75 Å². The molecular formula is C10H10FNO2. The molecule has 0 aromatic heterocycles. The highest BCUT2D eigenvalue weighted by Gasteiger charge is 2.04. The average molecular weight is 195 g/mol. The van der Waals surface area contributed by atoms with Crippen molar-refractivity contribution in [1.29, 1.82) is 0 Å². The van der Waals surface area contributed by atoms with Crippen LogP contribution in [0.25, 0.3) is 0 Å². The van der Waals surface area contributed by atoms with Crippen molar-refractivity contribution in [3.63, 3.8) is 0 Å². The molecule has 0 amide bonds. The molecule has 1 unspecified atom stereocenters. The van der Waals surface area contributed by atoms with Crippen LogP contribution in [0.4, 0.5) is 4.39 Å². The molecule has 1 rings (SSSR count). The summed E-state index contributed by atoms with van der Waals surface area (Å²) < 4.78 is 17.8. The third kappa shape index (κ3) is 2.99. The van der Waals surface area contributed by atoms with Gasteiger partial charge in [-0.1, -0.05) is 12.1 Å². The highest BCUT2D eigenvalue weighted by atomic mass is 19.1. The Bertz CT molecular complexity index is 330. The molecule has 1 aromatic carbocycles. The second-order valence-corrected chi connectivity index (χ2v) is 2.71. The molecule has 74 valence electrons. The number of benzene rings is 1. The summed E-state index contributed by atoms with van der Waals surface area (Å²) in [5, 5.41) is 0. The summed E-state index contributed by atoms with van der Waals surface area (Å²) in [5.41, 5.74) is 0.761. The fourth-order valence-corrected chi connectivity index (χ4v) is 1.06. The summed E-state index contributed by atoms with van der Waals surface area (Å²) in [7, 11) is 1.56. The largest absolute Gasteiger partial charge is 0.497 e. The lowest BCUT2D eigenvalue weighted by Gasteiger charge is -2.03. The zero-order valence-corrected chi connectivity index (χ0v) is 7.74. The van der Waals surface area contributed by atoms with E-state index in [1.165, 1.54) is 6.08 Å². The Labute approximate surface area is 81.2 Å². The van der Waals surface area contributed by atoms with Crippen molar-refractivity contribution in [2.45, 2.75) is 12.7 Å². The number of ether oxygens (including phenoxy) is 1. The lowest BCUT2D eigenvalue weighted by atomic mass is 10.1. The van der Waals surface area contributed by atoms with E-state index < -0.39 is 6.30 Å². The molecule has 0 N–H and O–H groups in total. The first kappa shape index (κ1) is 10.4. The van der Waals surface area contributed by atoms with Crippen LogP contribution in [0.5, 0.6) is 5.75 Å². The van der Waals surface area contributed by atoms with E-state index in [0.717, 1.165) is 5.56 Å². The van der Waals surface area contributed by atoms with Gasteiger partial charge in [0.2, 0.25) is 12.4 Å². The quantitative estimate of drug-likeness (QED) is 0.418. The molecule has 0 aliphatic heterocycles. The molecule has 0 radical (unpaired) electrons. The second kappa shape index (κ2) is 5.14. The van der Waals surface area contributed by atoms with Crippen molar-refractivity contribution in [2.75, 3.05) is 7.11 Å². The number of methoxy groups -OCH3 is 1. The topological polar surface area (TPSA) is 38.7 Å². The Balaban J connectivity index is 2.63. The summed E-state index contributed by atoms with van der Waals surface area (Å²) in [6.07, 6.45) is -0.245. The van der Waals surface area contributed by atoms with Crippen LogP contribution in [0.3, 0.4) is 0 Å². The van der Waals surface area contributed by atoms with Crippen LogP contribution in [-0.2, 0) is 11.2 Å². The molecule has 0 bridgehead atoms. The Morgan fingerprint density at radius 2 is 2.14 bits per heavy atom. The number of alkyl halides is 1. The average Bonchev–Trinajstić information content (AvgIpc) is 2.19. The Hall–Kier alpha value is -1.67. The SMILES string of the molecule is COc1ccc(CC(F)N=C=O)cc1. The molecule has 0 saturated carbocycles. The fourth-order valence-electron chi connectivity index (χ4n) is 1.06. The molecule has 0 heterocycles. The van der Waals surface area contributed by atoms with Gasteiger partial charge in [0.25, 0.3) is 0 Å². The van der Waals surface area contributed by atoms with Gasteiger partial charge in [-0.05, 0) is 17.7 Å². The Kier molecular flexibility index (Phi) is 3.83. The number of isocyanates is 1. The standard InChI is InChI=1S/C10H10FNO2/c1-14-9-4-2-8(3-5-9)6-10(11)12-7-13/h2-5,10H,6H2,1H3. The zero-order valence-electron chi connectivity index (χ0n) is 7.74. The number of nitrogens with zero attached hydrogens (tertiary/aromatic N) is 1. The van der Waals surface area contributed by atoms with Crippen LogP contribution in [0, 0.1) is 0 Å². The molecule has 3 nitrogen and oxygen atoms in total. The van der Waals surface area contributed by atoms with Gasteiger partial charge in [0.05, 0.1) is 7.11 Å². The minimum atomic E-state index is -1.51. The summed E-state index contributed by atoms with van der Waals surface area (Å²) in [5.74, 6) is 0.711. The summed E-state index contributed by atoms with van der Waals surface area (Å²) in [4.78, 5) is 12.7. The van der Waals surface area contributed by atoms with Gasteiger partial charge in [0, 0.05) is 6.42 Å². The highest BCUT2D eigenvalue weighted by molar-refractivity contribution is 5.33. The van der Waals surface area contributed by atoms with Gasteiger partial charge in [-0.3, -0.25) is 0 Å². The molecule has 0 aliphatic rings. The molecule has 1 aromatic rings. The van der Waals surface area contributed by atoms with E-state index in [4.69, 9.17) is 4.74 Å². The predicted molar refractivity (Wildman–Crippen MR) is 49.7 cm³/mol. The second-order valence-electron chi connectivity index (χ2n) is 2.71. The van der Waals surface area contributed by atoms with Crippen molar-refractivity contribution >= 4 is 6.08 Å². The molecular weight excluding hydrogens is 185 g/mol. The monoisotopic (exact) mass is 195 g/mol. The van der Waals surface area contributed by atoms with E-state index in [1.54, 1.807) is 31.4 Å². The number of rotatable bonds is 4. The van der Waals surface area contributed by atoms with Crippen LogP contribution in [0.15, 0.2) is 29.3 Å². The van der Waals surface area contributed by atoms with Gasteiger partial charge >= 0.3 is 0 Å². The van der Waals surface area contributed by atoms with E-state index in [-0.39, 0.29) is 6.42 Å². The molecule has 0 aliphatic carbocycles. The van der Waals surface area contributed by atoms with Crippen molar-refractivity contribution in [2.24, 2.45) is 4.99 Å². The first-order chi connectivity index (χ1) is 6.76. The van der Waals surface area contributed by atoms with Gasteiger partial charge in [0.1, 0.15) is 5.75 Å². The van der Waals surface area contributed by atoms with E-state index in [0.29, 0.717) is 5.75 Å². The minimum absolute atomic E-state index is 0.0826. The summed E-state index contributed by atoms with van der Waals surface area (Å²) in [6.45, 7) is 0. The number of hydrogen-bond donors (Lipinski definition) is 0. The highest BCUT2D eigenvalue weighted by Crippen LogP contribution is 2.13. The minimum Gasteiger partial charge on any atom is -0.497 e. The van der Waals surface area contributed by atoms with Gasteiger partial charge < -0.3 is 4.74 Å². The number of halogens is 1. The van der Waals surface area contributed by atoms with Crippen LogP contribution in [0.1, 0.15) is 5.56 Å². The smallest absolute Gasteiger partial charge is 0.237 e. The van der Waals surface area contributed by atoms with Gasteiger partial charge in [-0.25, -0.2) is 9.18 Å². The van der Waals surface area contributed by atoms with Crippen molar-refractivity contribution in [3.05, 3.63) is 29.8 Å². The molecule has 0 fully saturated rings. The normalized spacial score (nSPS) is 11.6. The van der Waals surface area contributed by atoms with Gasteiger partial charge in [0.15, 0.2) is 0 Å². The first-order valence-corrected chi connectivity index (χ1v) is 4.10. The maximum absolute atomic E-state index is 12.8. The van der Waals surface area contributed by atoms with Crippen LogP contribution >= 0.6 is 0 Å². The summed E-state index contributed by atoms with van der Waals surface area (Å²) >= 11 is 0. The van der Waals surface area contributed by atoms with Crippen LogP contribution < -0.4 is 4.74 Å². The van der Waals surface area contributed by atoms with Crippen LogP contribution in [-0.4, -0.2) is 19.5 Å². The van der Waals surface area contributed by atoms with Crippen molar-refractivity contribution in [1.82, 2.24) is 0 Å². The first-order valence-electron chi connectivity index (χ1n) is 4.10. The molecule has 1 atom stereocenters. The van der Waals surface area contributed by atoms with Gasteiger partial charge in [-0.15, -0.1) is 0 Å². The van der Waals surface area contributed by atoms with E-state index >= 15 is 0 Å². The Morgan fingerprint density at radius 3 is 2.64 bits per heavy atom. The maximum atomic E-state index is 12.8.